The zero-order chi connectivity index (χ0) is 13.2. The number of hydrogen-bond acceptors (Lipinski definition) is 2. The van der Waals surface area contributed by atoms with Gasteiger partial charge in [0.25, 0.3) is 0 Å². The summed E-state index contributed by atoms with van der Waals surface area (Å²) in [5, 5.41) is 3.40. The molecule has 0 amide bonds. The summed E-state index contributed by atoms with van der Waals surface area (Å²) in [5.41, 5.74) is 1.11. The molecule has 0 atom stereocenters. The molecule has 0 saturated heterocycles. The van der Waals surface area contributed by atoms with Crippen LogP contribution in [-0.4, -0.2) is 18.6 Å². The van der Waals surface area contributed by atoms with E-state index in [0.717, 1.165) is 23.1 Å². The Morgan fingerprint density at radius 3 is 2.72 bits per heavy atom. The van der Waals surface area contributed by atoms with Gasteiger partial charge in [0.05, 0.1) is 0 Å². The number of thioether (sulfide) groups is 1. The molecule has 0 unspecified atom stereocenters. The molecule has 1 aromatic rings. The molecule has 1 rings (SSSR count). The summed E-state index contributed by atoms with van der Waals surface area (Å²) in [6.07, 6.45) is 7.31. The lowest BCUT2D eigenvalue weighted by Crippen LogP contribution is -2.15. The first-order valence-corrected chi connectivity index (χ1v) is 8.56. The summed E-state index contributed by atoms with van der Waals surface area (Å²) in [4.78, 5) is 0. The first kappa shape index (κ1) is 16.0. The molecule has 0 saturated carbocycles. The van der Waals surface area contributed by atoms with E-state index in [-0.39, 0.29) is 5.82 Å². The third kappa shape index (κ3) is 6.76. The van der Waals surface area contributed by atoms with Crippen LogP contribution in [0.5, 0.6) is 0 Å². The van der Waals surface area contributed by atoms with Crippen LogP contribution < -0.4 is 5.32 Å². The Morgan fingerprint density at radius 1 is 1.22 bits per heavy atom. The number of rotatable bonds is 9. The van der Waals surface area contributed by atoms with Gasteiger partial charge in [-0.15, -0.1) is 0 Å². The molecule has 1 N–H and O–H groups in total. The lowest BCUT2D eigenvalue weighted by atomic mass is 10.2. The van der Waals surface area contributed by atoms with Crippen LogP contribution in [0, 0.1) is 5.82 Å². The minimum atomic E-state index is -0.195. The average Bonchev–Trinajstić information content (AvgIpc) is 2.35. The summed E-state index contributed by atoms with van der Waals surface area (Å²) < 4.78 is 13.7. The van der Waals surface area contributed by atoms with Gasteiger partial charge >= 0.3 is 0 Å². The minimum absolute atomic E-state index is 0.195. The van der Waals surface area contributed by atoms with E-state index in [1.54, 1.807) is 0 Å². The maximum Gasteiger partial charge on any atom is 0.124 e. The Labute approximate surface area is 122 Å². The van der Waals surface area contributed by atoms with Crippen molar-refractivity contribution >= 4 is 27.7 Å². The number of unbranched alkanes of at least 4 members (excludes halogenated alkanes) is 3. The average molecular weight is 334 g/mol. The van der Waals surface area contributed by atoms with Crippen LogP contribution in [0.2, 0.25) is 0 Å². The molecule has 4 heteroatoms. The molecule has 0 aromatic heterocycles. The minimum Gasteiger partial charge on any atom is -0.313 e. The molecule has 0 aliphatic heterocycles. The fourth-order valence-corrected chi connectivity index (χ4v) is 2.72. The third-order valence-corrected chi connectivity index (χ3v) is 4.22. The van der Waals surface area contributed by atoms with E-state index in [9.17, 15) is 4.39 Å². The molecule has 0 radical (unpaired) electrons. The van der Waals surface area contributed by atoms with Crippen molar-refractivity contribution in [3.8, 4) is 0 Å². The van der Waals surface area contributed by atoms with Crippen molar-refractivity contribution in [3.63, 3.8) is 0 Å². The highest BCUT2D eigenvalue weighted by Crippen LogP contribution is 2.17. The Balaban J connectivity index is 2.07. The highest BCUT2D eigenvalue weighted by molar-refractivity contribution is 9.10. The second-order valence-corrected chi connectivity index (χ2v) is 6.16. The van der Waals surface area contributed by atoms with Gasteiger partial charge in [0, 0.05) is 11.0 Å². The number of nitrogens with one attached hydrogen (secondary N) is 1. The van der Waals surface area contributed by atoms with Crippen molar-refractivity contribution in [2.24, 2.45) is 0 Å². The van der Waals surface area contributed by atoms with E-state index in [2.05, 4.69) is 27.5 Å². The maximum atomic E-state index is 12.9. The van der Waals surface area contributed by atoms with Gasteiger partial charge in [0.15, 0.2) is 0 Å². The predicted molar refractivity (Wildman–Crippen MR) is 82.7 cm³/mol. The van der Waals surface area contributed by atoms with E-state index in [1.807, 2.05) is 17.8 Å². The lowest BCUT2D eigenvalue weighted by Gasteiger charge is -2.07. The zero-order valence-electron chi connectivity index (χ0n) is 10.8. The van der Waals surface area contributed by atoms with Crippen molar-refractivity contribution in [2.75, 3.05) is 18.6 Å². The summed E-state index contributed by atoms with van der Waals surface area (Å²) in [6.45, 7) is 1.83. The molecule has 1 aromatic carbocycles. The molecule has 0 bridgehead atoms. The van der Waals surface area contributed by atoms with Crippen LogP contribution >= 0.6 is 27.7 Å². The summed E-state index contributed by atoms with van der Waals surface area (Å²) in [5.74, 6) is 1.08. The van der Waals surface area contributed by atoms with Crippen molar-refractivity contribution in [1.29, 1.82) is 0 Å². The fraction of sp³-hybridized carbons (Fsp3) is 0.571. The van der Waals surface area contributed by atoms with Crippen molar-refractivity contribution in [2.45, 2.75) is 32.2 Å². The van der Waals surface area contributed by atoms with Gasteiger partial charge in [0.1, 0.15) is 5.82 Å². The first-order chi connectivity index (χ1) is 8.74. The molecule has 0 aliphatic rings. The summed E-state index contributed by atoms with van der Waals surface area (Å²) >= 11 is 5.29. The van der Waals surface area contributed by atoms with Crippen LogP contribution in [0.25, 0.3) is 0 Å². The van der Waals surface area contributed by atoms with Gasteiger partial charge in [-0.2, -0.15) is 11.8 Å². The van der Waals surface area contributed by atoms with E-state index >= 15 is 0 Å². The van der Waals surface area contributed by atoms with Crippen LogP contribution in [0.4, 0.5) is 4.39 Å². The second-order valence-electron chi connectivity index (χ2n) is 4.32. The Bertz CT molecular complexity index is 347. The SMILES string of the molecule is CSCCCCCCNCc1ccc(F)cc1Br. The van der Waals surface area contributed by atoms with Crippen molar-refractivity contribution in [1.82, 2.24) is 5.32 Å². The molecule has 1 nitrogen and oxygen atoms in total. The monoisotopic (exact) mass is 333 g/mol. The zero-order valence-corrected chi connectivity index (χ0v) is 13.2. The third-order valence-electron chi connectivity index (χ3n) is 2.78. The van der Waals surface area contributed by atoms with Crippen molar-refractivity contribution < 1.29 is 4.39 Å². The van der Waals surface area contributed by atoms with Gasteiger partial charge in [-0.25, -0.2) is 4.39 Å². The largest absolute Gasteiger partial charge is 0.313 e. The second kappa shape index (κ2) is 9.82. The van der Waals surface area contributed by atoms with Gasteiger partial charge in [-0.3, -0.25) is 0 Å². The van der Waals surface area contributed by atoms with Crippen LogP contribution in [0.3, 0.4) is 0 Å². The standard InChI is InChI=1S/C14H21BrFNS/c1-18-9-5-3-2-4-8-17-11-12-6-7-13(16)10-14(12)15/h6-7,10,17H,2-5,8-9,11H2,1H3. The van der Waals surface area contributed by atoms with Crippen LogP contribution in [0.15, 0.2) is 22.7 Å². The van der Waals surface area contributed by atoms with Gasteiger partial charge in [-0.1, -0.05) is 34.8 Å². The van der Waals surface area contributed by atoms with Gasteiger partial charge < -0.3 is 5.32 Å². The number of benzene rings is 1. The highest BCUT2D eigenvalue weighted by atomic mass is 79.9. The molecular formula is C14H21BrFNS. The van der Waals surface area contributed by atoms with E-state index < -0.39 is 0 Å². The Hall–Kier alpha value is -0.0600. The number of hydrogen-bond donors (Lipinski definition) is 1. The van der Waals surface area contributed by atoms with E-state index in [0.29, 0.717) is 0 Å². The van der Waals surface area contributed by atoms with Crippen LogP contribution in [0.1, 0.15) is 31.2 Å². The molecule has 0 spiro atoms. The molecule has 0 aliphatic carbocycles. The topological polar surface area (TPSA) is 12.0 Å². The van der Waals surface area contributed by atoms with Gasteiger partial charge in [0.2, 0.25) is 0 Å². The normalized spacial score (nSPS) is 10.8. The van der Waals surface area contributed by atoms with Gasteiger partial charge in [-0.05, 0) is 49.1 Å². The molecule has 18 heavy (non-hydrogen) atoms. The summed E-state index contributed by atoms with van der Waals surface area (Å²) in [6, 6.07) is 4.84. The lowest BCUT2D eigenvalue weighted by molar-refractivity contribution is 0.596. The van der Waals surface area contributed by atoms with Crippen molar-refractivity contribution in [3.05, 3.63) is 34.1 Å². The number of halogens is 2. The van der Waals surface area contributed by atoms with E-state index in [1.165, 1.54) is 43.6 Å². The Kier molecular flexibility index (Phi) is 8.72. The first-order valence-electron chi connectivity index (χ1n) is 6.37. The fourth-order valence-electron chi connectivity index (χ4n) is 1.74. The maximum absolute atomic E-state index is 12.9. The smallest absolute Gasteiger partial charge is 0.124 e. The Morgan fingerprint density at radius 2 is 2.00 bits per heavy atom. The molecule has 0 heterocycles. The molecule has 102 valence electrons. The molecular weight excluding hydrogens is 313 g/mol. The van der Waals surface area contributed by atoms with Crippen LogP contribution in [-0.2, 0) is 6.54 Å². The molecule has 0 fully saturated rings. The summed E-state index contributed by atoms with van der Waals surface area (Å²) in [7, 11) is 0. The predicted octanol–water partition coefficient (Wildman–Crippen LogP) is 4.60. The van der Waals surface area contributed by atoms with E-state index in [4.69, 9.17) is 0 Å². The highest BCUT2D eigenvalue weighted by Gasteiger charge is 2.00. The quantitative estimate of drug-likeness (QED) is 0.662.